The first-order valence-corrected chi connectivity index (χ1v) is 10.6. The number of esters is 1. The standard InChI is InChI=1S/C22H36N4O2.HI/c1-4-23-22(24-14-9-12-21(27)28-5-2)25-20-13-15-26(18(3)16-20)17-19-10-7-6-8-11-19;/h6-8,10-11,18,20H,4-5,9,12-17H2,1-3H3,(H2,23,24,25);1H. The van der Waals surface area contributed by atoms with E-state index in [1.165, 1.54) is 5.56 Å². The van der Waals surface area contributed by atoms with Crippen LogP contribution in [0.15, 0.2) is 35.3 Å². The Kier molecular flexibility index (Phi) is 12.9. The maximum atomic E-state index is 11.4. The number of rotatable bonds is 9. The number of carbonyl (C=O) groups is 1. The number of aliphatic imine (C=N–C) groups is 1. The Morgan fingerprint density at radius 1 is 1.28 bits per heavy atom. The van der Waals surface area contributed by atoms with Gasteiger partial charge in [-0.3, -0.25) is 14.7 Å². The molecule has 2 N–H and O–H groups in total. The number of likely N-dealkylation sites (tertiary alicyclic amines) is 1. The lowest BCUT2D eigenvalue weighted by Gasteiger charge is -2.38. The van der Waals surface area contributed by atoms with Crippen molar-refractivity contribution in [3.63, 3.8) is 0 Å². The van der Waals surface area contributed by atoms with E-state index in [1.807, 2.05) is 6.92 Å². The van der Waals surface area contributed by atoms with Crippen molar-refractivity contribution in [2.45, 2.75) is 65.1 Å². The maximum Gasteiger partial charge on any atom is 0.305 e. The van der Waals surface area contributed by atoms with Crippen molar-refractivity contribution in [2.75, 3.05) is 26.2 Å². The fourth-order valence-corrected chi connectivity index (χ4v) is 3.57. The zero-order chi connectivity index (χ0) is 20.2. The second-order valence-corrected chi connectivity index (χ2v) is 7.34. The topological polar surface area (TPSA) is 66.0 Å². The Hall–Kier alpha value is -1.35. The van der Waals surface area contributed by atoms with E-state index in [0.717, 1.165) is 38.4 Å². The lowest BCUT2D eigenvalue weighted by molar-refractivity contribution is -0.143. The predicted molar refractivity (Wildman–Crippen MR) is 130 cm³/mol. The number of benzene rings is 1. The van der Waals surface area contributed by atoms with Crippen LogP contribution in [0.4, 0.5) is 0 Å². The highest BCUT2D eigenvalue weighted by Crippen LogP contribution is 2.19. The highest BCUT2D eigenvalue weighted by molar-refractivity contribution is 14.0. The molecule has 1 aromatic carbocycles. The van der Waals surface area contributed by atoms with E-state index in [4.69, 9.17) is 4.74 Å². The molecule has 2 atom stereocenters. The van der Waals surface area contributed by atoms with Gasteiger partial charge < -0.3 is 15.4 Å². The number of hydrogen-bond acceptors (Lipinski definition) is 4. The molecular weight excluding hydrogens is 479 g/mol. The van der Waals surface area contributed by atoms with Gasteiger partial charge in [0.05, 0.1) is 6.61 Å². The number of nitrogens with one attached hydrogen (secondary N) is 2. The molecule has 164 valence electrons. The molecule has 0 saturated carbocycles. The van der Waals surface area contributed by atoms with E-state index in [-0.39, 0.29) is 29.9 Å². The molecule has 0 radical (unpaired) electrons. The first-order valence-electron chi connectivity index (χ1n) is 10.6. The van der Waals surface area contributed by atoms with Gasteiger partial charge in [0.1, 0.15) is 0 Å². The lowest BCUT2D eigenvalue weighted by atomic mass is 9.97. The second kappa shape index (κ2) is 14.6. The van der Waals surface area contributed by atoms with E-state index >= 15 is 0 Å². The summed E-state index contributed by atoms with van der Waals surface area (Å²) in [5.74, 6) is 0.704. The molecule has 1 saturated heterocycles. The molecule has 2 rings (SSSR count). The van der Waals surface area contributed by atoms with Crippen molar-refractivity contribution in [3.05, 3.63) is 35.9 Å². The van der Waals surface area contributed by atoms with Gasteiger partial charge in [-0.1, -0.05) is 30.3 Å². The van der Waals surface area contributed by atoms with Crippen LogP contribution in [0.1, 0.15) is 52.0 Å². The molecule has 0 aromatic heterocycles. The van der Waals surface area contributed by atoms with Gasteiger partial charge in [-0.05, 0) is 45.6 Å². The van der Waals surface area contributed by atoms with Gasteiger partial charge in [-0.15, -0.1) is 24.0 Å². The summed E-state index contributed by atoms with van der Waals surface area (Å²) in [6, 6.07) is 11.6. The summed E-state index contributed by atoms with van der Waals surface area (Å²) in [7, 11) is 0. The van der Waals surface area contributed by atoms with Gasteiger partial charge in [0.2, 0.25) is 0 Å². The molecule has 6 nitrogen and oxygen atoms in total. The van der Waals surface area contributed by atoms with Crippen molar-refractivity contribution >= 4 is 35.9 Å². The van der Waals surface area contributed by atoms with Crippen LogP contribution in [0.5, 0.6) is 0 Å². The van der Waals surface area contributed by atoms with Crippen LogP contribution in [0.25, 0.3) is 0 Å². The molecule has 1 aromatic rings. The van der Waals surface area contributed by atoms with Gasteiger partial charge >= 0.3 is 5.97 Å². The highest BCUT2D eigenvalue weighted by atomic mass is 127. The fraction of sp³-hybridized carbons (Fsp3) is 0.636. The summed E-state index contributed by atoms with van der Waals surface area (Å²) in [4.78, 5) is 18.6. The van der Waals surface area contributed by atoms with E-state index in [9.17, 15) is 4.79 Å². The minimum atomic E-state index is -0.143. The second-order valence-electron chi connectivity index (χ2n) is 7.34. The minimum Gasteiger partial charge on any atom is -0.466 e. The van der Waals surface area contributed by atoms with Crippen molar-refractivity contribution in [2.24, 2.45) is 4.99 Å². The zero-order valence-corrected chi connectivity index (χ0v) is 20.4. The highest BCUT2D eigenvalue weighted by Gasteiger charge is 2.25. The largest absolute Gasteiger partial charge is 0.466 e. The number of hydrogen-bond donors (Lipinski definition) is 2. The van der Waals surface area contributed by atoms with Gasteiger partial charge in [0.15, 0.2) is 5.96 Å². The monoisotopic (exact) mass is 516 g/mol. The first-order chi connectivity index (χ1) is 13.6. The third-order valence-electron chi connectivity index (χ3n) is 5.04. The van der Waals surface area contributed by atoms with Crippen LogP contribution in [0.2, 0.25) is 0 Å². The van der Waals surface area contributed by atoms with Gasteiger partial charge in [-0.2, -0.15) is 0 Å². The molecule has 1 aliphatic heterocycles. The van der Waals surface area contributed by atoms with Crippen molar-refractivity contribution in [3.8, 4) is 0 Å². The quantitative estimate of drug-likeness (QED) is 0.173. The normalized spacial score (nSPS) is 19.9. The van der Waals surface area contributed by atoms with Crippen molar-refractivity contribution in [1.82, 2.24) is 15.5 Å². The van der Waals surface area contributed by atoms with Crippen LogP contribution in [0.3, 0.4) is 0 Å². The number of nitrogens with zero attached hydrogens (tertiary/aromatic N) is 2. The minimum absolute atomic E-state index is 0. The third kappa shape index (κ3) is 9.80. The van der Waals surface area contributed by atoms with E-state index in [1.54, 1.807) is 0 Å². The summed E-state index contributed by atoms with van der Waals surface area (Å²) >= 11 is 0. The Morgan fingerprint density at radius 3 is 2.69 bits per heavy atom. The van der Waals surface area contributed by atoms with Crippen LogP contribution in [0, 0.1) is 0 Å². The Labute approximate surface area is 192 Å². The summed E-state index contributed by atoms with van der Waals surface area (Å²) in [5.41, 5.74) is 1.37. The molecule has 0 bridgehead atoms. The van der Waals surface area contributed by atoms with Gasteiger partial charge in [0, 0.05) is 44.7 Å². The first kappa shape index (κ1) is 25.7. The van der Waals surface area contributed by atoms with Crippen molar-refractivity contribution in [1.29, 1.82) is 0 Å². The molecule has 1 aliphatic rings. The molecule has 1 heterocycles. The van der Waals surface area contributed by atoms with E-state index < -0.39 is 0 Å². The molecule has 0 aliphatic carbocycles. The number of piperidine rings is 1. The van der Waals surface area contributed by atoms with Crippen LogP contribution < -0.4 is 10.6 Å². The Morgan fingerprint density at radius 2 is 2.03 bits per heavy atom. The molecule has 1 fully saturated rings. The maximum absolute atomic E-state index is 11.4. The average Bonchev–Trinajstić information content (AvgIpc) is 2.68. The lowest BCUT2D eigenvalue weighted by Crippen LogP contribution is -2.51. The third-order valence-corrected chi connectivity index (χ3v) is 5.04. The SMILES string of the molecule is CCNC(=NCCCC(=O)OCC)NC1CCN(Cc2ccccc2)C(C)C1.I. The fourth-order valence-electron chi connectivity index (χ4n) is 3.57. The number of halogens is 1. The number of carbonyl (C=O) groups excluding carboxylic acids is 1. The van der Waals surface area contributed by atoms with Crippen molar-refractivity contribution < 1.29 is 9.53 Å². The Balaban J connectivity index is 0.00000420. The molecule has 0 spiro atoms. The molecule has 7 heteroatoms. The van der Waals surface area contributed by atoms with Gasteiger partial charge in [-0.25, -0.2) is 0 Å². The summed E-state index contributed by atoms with van der Waals surface area (Å²) in [5, 5.41) is 6.90. The molecule has 0 amide bonds. The summed E-state index contributed by atoms with van der Waals surface area (Å²) in [6.07, 6.45) is 3.33. The van der Waals surface area contributed by atoms with Gasteiger partial charge in [0.25, 0.3) is 0 Å². The van der Waals surface area contributed by atoms with E-state index in [2.05, 4.69) is 64.7 Å². The smallest absolute Gasteiger partial charge is 0.305 e. The average molecular weight is 516 g/mol. The summed E-state index contributed by atoms with van der Waals surface area (Å²) < 4.78 is 4.96. The van der Waals surface area contributed by atoms with Crippen LogP contribution in [-0.2, 0) is 16.1 Å². The van der Waals surface area contributed by atoms with Crippen LogP contribution in [-0.4, -0.2) is 55.2 Å². The Bertz CT molecular complexity index is 612. The molecule has 2 unspecified atom stereocenters. The number of guanidine groups is 1. The molecular formula is C22H37IN4O2. The van der Waals surface area contributed by atoms with Crippen LogP contribution >= 0.6 is 24.0 Å². The molecule has 29 heavy (non-hydrogen) atoms. The zero-order valence-electron chi connectivity index (χ0n) is 18.0. The number of ether oxygens (including phenoxy) is 1. The predicted octanol–water partition coefficient (Wildman–Crippen LogP) is 3.56. The van der Waals surface area contributed by atoms with E-state index in [0.29, 0.717) is 38.1 Å². The summed E-state index contributed by atoms with van der Waals surface area (Å²) in [6.45, 7) is 10.2.